The zero-order valence-corrected chi connectivity index (χ0v) is 8.43. The van der Waals surface area contributed by atoms with Gasteiger partial charge in [0.1, 0.15) is 0 Å². The summed E-state index contributed by atoms with van der Waals surface area (Å²) < 4.78 is 25.4. The molecule has 0 saturated heterocycles. The molecular weight excluding hydrogens is 198 g/mol. The summed E-state index contributed by atoms with van der Waals surface area (Å²) in [5.74, 6) is -1.72. The van der Waals surface area contributed by atoms with Crippen molar-refractivity contribution >= 4 is 0 Å². The van der Waals surface area contributed by atoms with Crippen molar-refractivity contribution in [3.63, 3.8) is 0 Å². The smallest absolute Gasteiger partial charge is 0.159 e. The van der Waals surface area contributed by atoms with Crippen LogP contribution >= 0.6 is 0 Å². The Kier molecular flexibility index (Phi) is 4.19. The number of nitrogens with one attached hydrogen (secondary N) is 1. The minimum absolute atomic E-state index is 0.252. The highest BCUT2D eigenvalue weighted by Crippen LogP contribution is 2.08. The third kappa shape index (κ3) is 3.30. The quantitative estimate of drug-likeness (QED) is 0.828. The van der Waals surface area contributed by atoms with Gasteiger partial charge in [-0.15, -0.1) is 0 Å². The molecular formula is C11H12F2N2. The van der Waals surface area contributed by atoms with Crippen LogP contribution in [0.1, 0.15) is 18.9 Å². The van der Waals surface area contributed by atoms with E-state index in [1.165, 1.54) is 6.07 Å². The SMILES string of the molecule is CCC(C#N)NCc1ccc(F)c(F)c1. The molecule has 0 aliphatic carbocycles. The van der Waals surface area contributed by atoms with Gasteiger partial charge in [-0.2, -0.15) is 5.26 Å². The van der Waals surface area contributed by atoms with Gasteiger partial charge >= 0.3 is 0 Å². The lowest BCUT2D eigenvalue weighted by molar-refractivity contribution is 0.504. The first-order chi connectivity index (χ1) is 7.17. The summed E-state index contributed by atoms with van der Waals surface area (Å²) in [5.41, 5.74) is 0.627. The maximum Gasteiger partial charge on any atom is 0.159 e. The molecule has 1 unspecified atom stereocenters. The molecule has 0 aromatic heterocycles. The maximum atomic E-state index is 12.8. The molecule has 1 rings (SSSR count). The predicted octanol–water partition coefficient (Wildman–Crippen LogP) is 2.36. The standard InChI is InChI=1S/C11H12F2N2/c1-2-9(6-14)15-7-8-3-4-10(12)11(13)5-8/h3-5,9,15H,2,7H2,1H3. The molecule has 1 N–H and O–H groups in total. The summed E-state index contributed by atoms with van der Waals surface area (Å²) in [6, 6.07) is 5.53. The Morgan fingerprint density at radius 3 is 2.67 bits per heavy atom. The molecule has 0 amide bonds. The fraction of sp³-hybridized carbons (Fsp3) is 0.364. The lowest BCUT2D eigenvalue weighted by Gasteiger charge is -2.08. The van der Waals surface area contributed by atoms with Crippen LogP contribution in [0.4, 0.5) is 8.78 Å². The van der Waals surface area contributed by atoms with Crippen molar-refractivity contribution in [1.82, 2.24) is 5.32 Å². The number of halogens is 2. The van der Waals surface area contributed by atoms with E-state index in [4.69, 9.17) is 5.26 Å². The Balaban J connectivity index is 2.59. The topological polar surface area (TPSA) is 35.8 Å². The normalized spacial score (nSPS) is 12.1. The van der Waals surface area contributed by atoms with Crippen molar-refractivity contribution in [3.05, 3.63) is 35.4 Å². The minimum Gasteiger partial charge on any atom is -0.298 e. The molecule has 1 atom stereocenters. The van der Waals surface area contributed by atoms with Crippen LogP contribution in [-0.4, -0.2) is 6.04 Å². The van der Waals surface area contributed by atoms with E-state index in [-0.39, 0.29) is 6.04 Å². The summed E-state index contributed by atoms with van der Waals surface area (Å²) in [6.45, 7) is 2.25. The van der Waals surface area contributed by atoms with Crippen molar-refractivity contribution in [2.24, 2.45) is 0 Å². The number of rotatable bonds is 4. The molecule has 0 heterocycles. The highest BCUT2D eigenvalue weighted by molar-refractivity contribution is 5.17. The van der Waals surface area contributed by atoms with E-state index >= 15 is 0 Å². The highest BCUT2D eigenvalue weighted by atomic mass is 19.2. The van der Waals surface area contributed by atoms with E-state index in [1.54, 1.807) is 0 Å². The van der Waals surface area contributed by atoms with Crippen molar-refractivity contribution in [2.45, 2.75) is 25.9 Å². The van der Waals surface area contributed by atoms with E-state index in [1.807, 2.05) is 6.92 Å². The molecule has 0 aliphatic heterocycles. The second-order valence-electron chi connectivity index (χ2n) is 3.22. The van der Waals surface area contributed by atoms with Gasteiger partial charge in [-0.1, -0.05) is 13.0 Å². The molecule has 0 fully saturated rings. The second-order valence-corrected chi connectivity index (χ2v) is 3.22. The molecule has 1 aromatic carbocycles. The molecule has 4 heteroatoms. The van der Waals surface area contributed by atoms with Gasteiger partial charge in [-0.25, -0.2) is 8.78 Å². The van der Waals surface area contributed by atoms with Gasteiger partial charge in [0.15, 0.2) is 11.6 Å². The van der Waals surface area contributed by atoms with E-state index in [9.17, 15) is 8.78 Å². The molecule has 0 bridgehead atoms. The molecule has 0 aliphatic rings. The largest absolute Gasteiger partial charge is 0.298 e. The number of benzene rings is 1. The fourth-order valence-corrected chi connectivity index (χ4v) is 1.17. The third-order valence-corrected chi connectivity index (χ3v) is 2.10. The molecule has 80 valence electrons. The van der Waals surface area contributed by atoms with Gasteiger partial charge in [0.25, 0.3) is 0 Å². The van der Waals surface area contributed by atoms with Crippen LogP contribution in [0, 0.1) is 23.0 Å². The van der Waals surface area contributed by atoms with E-state index in [0.29, 0.717) is 18.5 Å². The average molecular weight is 210 g/mol. The third-order valence-electron chi connectivity index (χ3n) is 2.10. The molecule has 15 heavy (non-hydrogen) atoms. The molecule has 0 radical (unpaired) electrons. The van der Waals surface area contributed by atoms with Gasteiger partial charge in [-0.3, -0.25) is 5.32 Å². The van der Waals surface area contributed by atoms with Crippen LogP contribution in [0.15, 0.2) is 18.2 Å². The Morgan fingerprint density at radius 2 is 2.13 bits per heavy atom. The number of nitrogens with zero attached hydrogens (tertiary/aromatic N) is 1. The Bertz CT molecular complexity index is 371. The summed E-state index contributed by atoms with van der Waals surface area (Å²) >= 11 is 0. The van der Waals surface area contributed by atoms with E-state index in [0.717, 1.165) is 12.1 Å². The predicted molar refractivity (Wildman–Crippen MR) is 52.9 cm³/mol. The van der Waals surface area contributed by atoms with Crippen LogP contribution in [0.25, 0.3) is 0 Å². The lowest BCUT2D eigenvalue weighted by atomic mass is 10.2. The second kappa shape index (κ2) is 5.42. The van der Waals surface area contributed by atoms with E-state index < -0.39 is 11.6 Å². The van der Waals surface area contributed by atoms with Crippen LogP contribution < -0.4 is 5.32 Å². The van der Waals surface area contributed by atoms with Crippen molar-refractivity contribution in [2.75, 3.05) is 0 Å². The van der Waals surface area contributed by atoms with Gasteiger partial charge in [0.2, 0.25) is 0 Å². The Morgan fingerprint density at radius 1 is 1.40 bits per heavy atom. The minimum atomic E-state index is -0.862. The average Bonchev–Trinajstić information content (AvgIpc) is 2.24. The first-order valence-corrected chi connectivity index (χ1v) is 4.74. The maximum absolute atomic E-state index is 12.8. The monoisotopic (exact) mass is 210 g/mol. The van der Waals surface area contributed by atoms with Gasteiger partial charge in [0, 0.05) is 6.54 Å². The zero-order valence-electron chi connectivity index (χ0n) is 8.43. The van der Waals surface area contributed by atoms with Crippen LogP contribution in [0.3, 0.4) is 0 Å². The summed E-state index contributed by atoms with van der Waals surface area (Å²) in [6.07, 6.45) is 0.681. The van der Waals surface area contributed by atoms with Crippen molar-refractivity contribution < 1.29 is 8.78 Å². The highest BCUT2D eigenvalue weighted by Gasteiger charge is 2.05. The van der Waals surface area contributed by atoms with Crippen LogP contribution in [0.5, 0.6) is 0 Å². The van der Waals surface area contributed by atoms with Crippen molar-refractivity contribution in [1.29, 1.82) is 5.26 Å². The van der Waals surface area contributed by atoms with Crippen molar-refractivity contribution in [3.8, 4) is 6.07 Å². The van der Waals surface area contributed by atoms with Gasteiger partial charge in [-0.05, 0) is 24.1 Å². The first kappa shape index (κ1) is 11.6. The first-order valence-electron chi connectivity index (χ1n) is 4.74. The number of hydrogen-bond acceptors (Lipinski definition) is 2. The molecule has 2 nitrogen and oxygen atoms in total. The Hall–Kier alpha value is -1.47. The van der Waals surface area contributed by atoms with Crippen LogP contribution in [0.2, 0.25) is 0 Å². The van der Waals surface area contributed by atoms with E-state index in [2.05, 4.69) is 11.4 Å². The van der Waals surface area contributed by atoms with Gasteiger partial charge in [0.05, 0.1) is 12.1 Å². The summed E-state index contributed by atoms with van der Waals surface area (Å²) in [7, 11) is 0. The molecule has 0 spiro atoms. The van der Waals surface area contributed by atoms with Crippen LogP contribution in [-0.2, 0) is 6.54 Å². The lowest BCUT2D eigenvalue weighted by Crippen LogP contribution is -2.26. The summed E-state index contributed by atoms with van der Waals surface area (Å²) in [4.78, 5) is 0. The number of nitriles is 1. The molecule has 0 saturated carbocycles. The molecule has 1 aromatic rings. The fourth-order valence-electron chi connectivity index (χ4n) is 1.17. The Labute approximate surface area is 87.5 Å². The summed E-state index contributed by atoms with van der Waals surface area (Å²) in [5, 5.41) is 11.6. The van der Waals surface area contributed by atoms with Gasteiger partial charge < -0.3 is 0 Å². The zero-order chi connectivity index (χ0) is 11.3. The number of hydrogen-bond donors (Lipinski definition) is 1.